The normalized spacial score (nSPS) is 13.2. The fourth-order valence-electron chi connectivity index (χ4n) is 6.74. The molecule has 0 spiro atoms. The minimum atomic E-state index is -4.59. The Hall–Kier alpha value is -1.72. The van der Waals surface area contributed by atoms with Gasteiger partial charge in [0.25, 0.3) is 0 Å². The molecule has 0 aromatic heterocycles. The zero-order valence-electron chi connectivity index (χ0n) is 39.2. The van der Waals surface area contributed by atoms with Gasteiger partial charge in [-0.3, -0.25) is 18.6 Å². The summed E-state index contributed by atoms with van der Waals surface area (Å²) in [4.78, 5) is 47.3. The fourth-order valence-corrected chi connectivity index (χ4v) is 7.49. The minimum absolute atomic E-state index is 0.128. The Balaban J connectivity index is 4.49. The molecule has 0 radical (unpaired) electrons. The maximum atomic E-state index is 12.7. The molecule has 2 atom stereocenters. The molecule has 0 heterocycles. The van der Waals surface area contributed by atoms with E-state index in [9.17, 15) is 23.8 Å². The van der Waals surface area contributed by atoms with Gasteiger partial charge in [0.15, 0.2) is 12.9 Å². The Labute approximate surface area is 367 Å². The van der Waals surface area contributed by atoms with E-state index in [1.807, 2.05) is 20.8 Å². The van der Waals surface area contributed by atoms with Crippen molar-refractivity contribution in [3.05, 3.63) is 0 Å². The van der Waals surface area contributed by atoms with E-state index in [1.165, 1.54) is 141 Å². The summed E-state index contributed by atoms with van der Waals surface area (Å²) in [6.07, 6.45) is 35.4. The number of amides is 1. The van der Waals surface area contributed by atoms with Crippen LogP contribution in [0.5, 0.6) is 0 Å². The van der Waals surface area contributed by atoms with Gasteiger partial charge in [-0.1, -0.05) is 194 Å². The number of hydrogen-bond donors (Lipinski definition) is 2. The lowest BCUT2D eigenvalue weighted by Crippen LogP contribution is -2.31. The van der Waals surface area contributed by atoms with E-state index >= 15 is 0 Å². The number of rotatable bonds is 44. The second-order valence-electron chi connectivity index (χ2n) is 17.5. The molecular formula is C47H92NO11P. The van der Waals surface area contributed by atoms with Crippen molar-refractivity contribution in [2.75, 3.05) is 33.2 Å². The van der Waals surface area contributed by atoms with Crippen LogP contribution in [0.2, 0.25) is 0 Å². The van der Waals surface area contributed by atoms with Crippen LogP contribution < -0.4 is 5.32 Å². The highest BCUT2D eigenvalue weighted by Gasteiger charge is 2.26. The highest BCUT2D eigenvalue weighted by atomic mass is 31.2. The van der Waals surface area contributed by atoms with Gasteiger partial charge >= 0.3 is 25.9 Å². The number of alkyl carbamates (subject to hydrolysis) is 1. The lowest BCUT2D eigenvalue weighted by Gasteiger charge is -2.20. The van der Waals surface area contributed by atoms with Crippen molar-refractivity contribution in [1.82, 2.24) is 5.32 Å². The number of hydrogen-bond acceptors (Lipinski definition) is 10. The summed E-state index contributed by atoms with van der Waals surface area (Å²) >= 11 is 0. The number of phosphoric acid groups is 1. The van der Waals surface area contributed by atoms with E-state index in [0.29, 0.717) is 12.8 Å². The van der Waals surface area contributed by atoms with Crippen molar-refractivity contribution in [3.63, 3.8) is 0 Å². The average Bonchev–Trinajstić information content (AvgIpc) is 3.20. The Morgan fingerprint density at radius 3 is 1.32 bits per heavy atom. The van der Waals surface area contributed by atoms with Gasteiger partial charge in [0, 0.05) is 19.4 Å². The topological polar surface area (TPSA) is 156 Å². The molecule has 0 aromatic rings. The van der Waals surface area contributed by atoms with Gasteiger partial charge in [-0.2, -0.15) is 0 Å². The maximum Gasteiger partial charge on any atom is 0.472 e. The van der Waals surface area contributed by atoms with Crippen LogP contribution >= 0.6 is 7.82 Å². The number of carbonyl (C=O) groups is 3. The van der Waals surface area contributed by atoms with Crippen LogP contribution in [0.3, 0.4) is 0 Å². The highest BCUT2D eigenvalue weighted by Crippen LogP contribution is 2.43. The number of phosphoric ester groups is 1. The summed E-state index contributed by atoms with van der Waals surface area (Å²) in [6, 6.07) is 0. The summed E-state index contributed by atoms with van der Waals surface area (Å²) in [6.45, 7) is 8.43. The second-order valence-corrected chi connectivity index (χ2v) is 19.0. The summed E-state index contributed by atoms with van der Waals surface area (Å²) in [5, 5.41) is 2.39. The van der Waals surface area contributed by atoms with E-state index in [4.69, 9.17) is 28.0 Å². The van der Waals surface area contributed by atoms with Crippen molar-refractivity contribution >= 4 is 25.9 Å². The molecule has 0 rings (SSSR count). The van der Waals surface area contributed by atoms with E-state index in [-0.39, 0.29) is 39.4 Å². The average molecular weight is 878 g/mol. The Bertz CT molecular complexity index is 1050. The van der Waals surface area contributed by atoms with Crippen molar-refractivity contribution in [2.24, 2.45) is 0 Å². The van der Waals surface area contributed by atoms with Crippen LogP contribution in [0.4, 0.5) is 4.79 Å². The second kappa shape index (κ2) is 41.3. The molecule has 13 heteroatoms. The third-order valence-corrected chi connectivity index (χ3v) is 11.4. The molecule has 0 saturated carbocycles. The Kier molecular flexibility index (Phi) is 40.1. The van der Waals surface area contributed by atoms with Crippen LogP contribution in [0.25, 0.3) is 0 Å². The standard InChI is InChI=1S/C47H92NO11P/c1-6-8-10-12-14-16-18-20-22-24-26-28-30-32-34-36-44(49)54-40-43(41-58-60(52,53)57-39-38-48-46(51)55-42-56-47(3,4)5)59-45(50)37-35-33-31-29-27-25-23-21-19-17-15-13-11-9-7-2/h43H,6-42H2,1-5H3,(H,48,51)(H,52,53)/t43-/m1/s1. The number of nitrogens with one attached hydrogen (secondary N) is 1. The van der Waals surface area contributed by atoms with Gasteiger partial charge in [0.05, 0.1) is 18.8 Å². The molecular weight excluding hydrogens is 785 g/mol. The quantitative estimate of drug-likeness (QED) is 0.0197. The summed E-state index contributed by atoms with van der Waals surface area (Å²) < 4.78 is 43.8. The van der Waals surface area contributed by atoms with E-state index < -0.39 is 44.2 Å². The van der Waals surface area contributed by atoms with E-state index in [2.05, 4.69) is 19.2 Å². The lowest BCUT2D eigenvalue weighted by molar-refractivity contribution is -0.161. The van der Waals surface area contributed by atoms with Gasteiger partial charge in [0.2, 0.25) is 0 Å². The number of esters is 2. The Morgan fingerprint density at radius 2 is 0.917 bits per heavy atom. The van der Waals surface area contributed by atoms with Crippen LogP contribution in [-0.4, -0.2) is 67.8 Å². The summed E-state index contributed by atoms with van der Waals surface area (Å²) in [5.74, 6) is -0.897. The third kappa shape index (κ3) is 44.3. The molecule has 0 saturated heterocycles. The monoisotopic (exact) mass is 878 g/mol. The molecule has 1 amide bonds. The molecule has 0 fully saturated rings. The molecule has 1 unspecified atom stereocenters. The molecule has 0 aliphatic heterocycles. The minimum Gasteiger partial charge on any atom is -0.462 e. The zero-order valence-corrected chi connectivity index (χ0v) is 40.1. The number of ether oxygens (including phenoxy) is 4. The molecule has 2 N–H and O–H groups in total. The van der Waals surface area contributed by atoms with Crippen molar-refractivity contribution in [3.8, 4) is 0 Å². The van der Waals surface area contributed by atoms with Crippen molar-refractivity contribution in [1.29, 1.82) is 0 Å². The van der Waals surface area contributed by atoms with Crippen molar-refractivity contribution < 1.29 is 51.8 Å². The molecule has 12 nitrogen and oxygen atoms in total. The third-order valence-electron chi connectivity index (χ3n) is 10.4. The van der Waals surface area contributed by atoms with E-state index in [0.717, 1.165) is 38.5 Å². The highest BCUT2D eigenvalue weighted by molar-refractivity contribution is 7.47. The first kappa shape index (κ1) is 58.3. The Morgan fingerprint density at radius 1 is 0.533 bits per heavy atom. The lowest BCUT2D eigenvalue weighted by atomic mass is 10.0. The molecule has 0 aromatic carbocycles. The smallest absolute Gasteiger partial charge is 0.462 e. The van der Waals surface area contributed by atoms with Gasteiger partial charge in [-0.05, 0) is 33.6 Å². The van der Waals surface area contributed by atoms with Crippen molar-refractivity contribution in [2.45, 2.75) is 252 Å². The molecule has 0 aliphatic rings. The summed E-state index contributed by atoms with van der Waals surface area (Å²) in [7, 11) is -4.59. The fraction of sp³-hybridized carbons (Fsp3) is 0.936. The van der Waals surface area contributed by atoms with Gasteiger partial charge in [-0.15, -0.1) is 0 Å². The SMILES string of the molecule is CCCCCCCCCCCCCCCCCC(=O)OC[C@H](COP(=O)(O)OCCNC(=O)OCOC(C)(C)C)OC(=O)CCCCCCCCCCCCCCCCC. The van der Waals surface area contributed by atoms with Crippen LogP contribution in [-0.2, 0) is 42.1 Å². The van der Waals surface area contributed by atoms with Crippen LogP contribution in [0, 0.1) is 0 Å². The first-order valence-corrected chi connectivity index (χ1v) is 25.9. The molecule has 60 heavy (non-hydrogen) atoms. The zero-order chi connectivity index (χ0) is 44.4. The van der Waals surface area contributed by atoms with Gasteiger partial charge < -0.3 is 29.2 Å². The molecule has 0 bridgehead atoms. The predicted molar refractivity (Wildman–Crippen MR) is 242 cm³/mol. The molecule has 356 valence electrons. The summed E-state index contributed by atoms with van der Waals surface area (Å²) in [5.41, 5.74) is -0.480. The van der Waals surface area contributed by atoms with Gasteiger partial charge in [-0.25, -0.2) is 9.36 Å². The predicted octanol–water partition coefficient (Wildman–Crippen LogP) is 13.6. The first-order chi connectivity index (χ1) is 28.9. The first-order valence-electron chi connectivity index (χ1n) is 24.4. The van der Waals surface area contributed by atoms with E-state index in [1.54, 1.807) is 0 Å². The maximum absolute atomic E-state index is 12.7. The number of carbonyl (C=O) groups excluding carboxylic acids is 3. The molecule has 0 aliphatic carbocycles. The van der Waals surface area contributed by atoms with Gasteiger partial charge in [0.1, 0.15) is 6.61 Å². The van der Waals surface area contributed by atoms with Crippen LogP contribution in [0.1, 0.15) is 240 Å². The van der Waals surface area contributed by atoms with Crippen LogP contribution in [0.15, 0.2) is 0 Å². The largest absolute Gasteiger partial charge is 0.472 e. The number of unbranched alkanes of at least 4 members (excludes halogenated alkanes) is 28.